The van der Waals surface area contributed by atoms with E-state index in [0.29, 0.717) is 18.2 Å². The van der Waals surface area contributed by atoms with Gasteiger partial charge in [-0.2, -0.15) is 0 Å². The Morgan fingerprint density at radius 2 is 1.94 bits per heavy atom. The average molecular weight is 243 g/mol. The molecule has 0 radical (unpaired) electrons. The Bertz CT molecular complexity index is 303. The highest BCUT2D eigenvalue weighted by Gasteiger charge is 2.05. The van der Waals surface area contributed by atoms with Gasteiger partial charge in [-0.1, -0.05) is 25.1 Å². The standard InChI is InChI=1S/C12H18N2O.ClH/c1-3-13-10(2)9-14-12(15)11-7-5-4-6-8-11;/h4-8,10,13H,3,9H2,1-2H3,(H,14,15);1H/t10-;/m1./s1. The summed E-state index contributed by atoms with van der Waals surface area (Å²) in [4.78, 5) is 11.6. The van der Waals surface area contributed by atoms with Crippen LogP contribution in [0.15, 0.2) is 30.3 Å². The number of hydrogen-bond donors (Lipinski definition) is 2. The van der Waals surface area contributed by atoms with Gasteiger partial charge in [-0.25, -0.2) is 0 Å². The van der Waals surface area contributed by atoms with Crippen molar-refractivity contribution in [2.45, 2.75) is 19.9 Å². The highest BCUT2D eigenvalue weighted by molar-refractivity contribution is 5.94. The van der Waals surface area contributed by atoms with Crippen LogP contribution in [0.25, 0.3) is 0 Å². The first-order chi connectivity index (χ1) is 7.24. The molecule has 1 rings (SSSR count). The molecule has 1 aromatic carbocycles. The molecule has 0 spiro atoms. The van der Waals surface area contributed by atoms with Crippen molar-refractivity contribution in [1.29, 1.82) is 0 Å². The molecular weight excluding hydrogens is 224 g/mol. The summed E-state index contributed by atoms with van der Waals surface area (Å²) in [6.07, 6.45) is 0. The molecule has 16 heavy (non-hydrogen) atoms. The van der Waals surface area contributed by atoms with Crippen LogP contribution in [0.3, 0.4) is 0 Å². The maximum absolute atomic E-state index is 11.6. The number of carbonyl (C=O) groups is 1. The third kappa shape index (κ3) is 5.14. The van der Waals surface area contributed by atoms with E-state index in [0.717, 1.165) is 6.54 Å². The molecular formula is C12H19ClN2O. The molecule has 0 saturated heterocycles. The lowest BCUT2D eigenvalue weighted by Gasteiger charge is -2.13. The lowest BCUT2D eigenvalue weighted by atomic mass is 10.2. The van der Waals surface area contributed by atoms with Crippen LogP contribution in [0.5, 0.6) is 0 Å². The largest absolute Gasteiger partial charge is 0.350 e. The molecule has 0 aliphatic heterocycles. The van der Waals surface area contributed by atoms with Crippen LogP contribution >= 0.6 is 12.4 Å². The second kappa shape index (κ2) is 8.13. The number of carbonyl (C=O) groups excluding carboxylic acids is 1. The number of likely N-dealkylation sites (N-methyl/N-ethyl adjacent to an activating group) is 1. The Morgan fingerprint density at radius 1 is 1.31 bits per heavy atom. The van der Waals surface area contributed by atoms with Gasteiger partial charge in [0.25, 0.3) is 5.91 Å². The van der Waals surface area contributed by atoms with Crippen LogP contribution in [-0.4, -0.2) is 25.0 Å². The number of halogens is 1. The average Bonchev–Trinajstić information content (AvgIpc) is 2.27. The van der Waals surface area contributed by atoms with Crippen LogP contribution in [-0.2, 0) is 0 Å². The van der Waals surface area contributed by atoms with Crippen LogP contribution < -0.4 is 10.6 Å². The molecule has 1 aromatic rings. The van der Waals surface area contributed by atoms with Crippen molar-refractivity contribution >= 4 is 18.3 Å². The maximum Gasteiger partial charge on any atom is 0.251 e. The fourth-order valence-corrected chi connectivity index (χ4v) is 1.36. The van der Waals surface area contributed by atoms with E-state index in [-0.39, 0.29) is 18.3 Å². The van der Waals surface area contributed by atoms with Gasteiger partial charge >= 0.3 is 0 Å². The molecule has 0 unspecified atom stereocenters. The monoisotopic (exact) mass is 242 g/mol. The van der Waals surface area contributed by atoms with E-state index < -0.39 is 0 Å². The Kier molecular flexibility index (Phi) is 7.60. The number of hydrogen-bond acceptors (Lipinski definition) is 2. The summed E-state index contributed by atoms with van der Waals surface area (Å²) in [5, 5.41) is 6.12. The lowest BCUT2D eigenvalue weighted by molar-refractivity contribution is 0.0950. The Hall–Kier alpha value is -1.06. The summed E-state index contributed by atoms with van der Waals surface area (Å²) in [7, 11) is 0. The van der Waals surface area contributed by atoms with Crippen LogP contribution in [0, 0.1) is 0 Å². The molecule has 0 bridgehead atoms. The first-order valence-corrected chi connectivity index (χ1v) is 5.30. The van der Waals surface area contributed by atoms with Crippen LogP contribution in [0.4, 0.5) is 0 Å². The molecule has 1 atom stereocenters. The van der Waals surface area contributed by atoms with Crippen molar-refractivity contribution in [2.24, 2.45) is 0 Å². The van der Waals surface area contributed by atoms with Gasteiger partial charge < -0.3 is 10.6 Å². The first kappa shape index (κ1) is 14.9. The van der Waals surface area contributed by atoms with Crippen molar-refractivity contribution in [3.05, 3.63) is 35.9 Å². The predicted octanol–water partition coefficient (Wildman–Crippen LogP) is 1.84. The minimum atomic E-state index is -0.0136. The summed E-state index contributed by atoms with van der Waals surface area (Å²) in [5.41, 5.74) is 0.709. The highest BCUT2D eigenvalue weighted by Crippen LogP contribution is 1.97. The van der Waals surface area contributed by atoms with Crippen molar-refractivity contribution in [1.82, 2.24) is 10.6 Å². The lowest BCUT2D eigenvalue weighted by Crippen LogP contribution is -2.38. The van der Waals surface area contributed by atoms with E-state index in [1.165, 1.54) is 0 Å². The summed E-state index contributed by atoms with van der Waals surface area (Å²) in [6.45, 7) is 5.67. The van der Waals surface area contributed by atoms with Crippen molar-refractivity contribution in [3.8, 4) is 0 Å². The maximum atomic E-state index is 11.6. The van der Waals surface area contributed by atoms with E-state index in [1.807, 2.05) is 30.3 Å². The molecule has 1 amide bonds. The molecule has 4 heteroatoms. The smallest absolute Gasteiger partial charge is 0.251 e. The fraction of sp³-hybridized carbons (Fsp3) is 0.417. The second-order valence-electron chi connectivity index (χ2n) is 3.53. The fourth-order valence-electron chi connectivity index (χ4n) is 1.36. The number of amides is 1. The zero-order valence-electron chi connectivity index (χ0n) is 9.69. The second-order valence-corrected chi connectivity index (χ2v) is 3.53. The zero-order valence-corrected chi connectivity index (χ0v) is 10.5. The topological polar surface area (TPSA) is 41.1 Å². The molecule has 0 aliphatic carbocycles. The summed E-state index contributed by atoms with van der Waals surface area (Å²) < 4.78 is 0. The molecule has 0 fully saturated rings. The third-order valence-electron chi connectivity index (χ3n) is 2.16. The van der Waals surface area contributed by atoms with Gasteiger partial charge in [0.2, 0.25) is 0 Å². The van der Waals surface area contributed by atoms with Crippen molar-refractivity contribution < 1.29 is 4.79 Å². The summed E-state index contributed by atoms with van der Waals surface area (Å²) in [6, 6.07) is 9.56. The molecule has 0 heterocycles. The van der Waals surface area contributed by atoms with Gasteiger partial charge in [-0.15, -0.1) is 12.4 Å². The van der Waals surface area contributed by atoms with E-state index in [4.69, 9.17) is 0 Å². The van der Waals surface area contributed by atoms with Crippen molar-refractivity contribution in [3.63, 3.8) is 0 Å². The Morgan fingerprint density at radius 3 is 2.50 bits per heavy atom. The first-order valence-electron chi connectivity index (χ1n) is 5.30. The van der Waals surface area contributed by atoms with Crippen LogP contribution in [0.2, 0.25) is 0 Å². The van der Waals surface area contributed by atoms with E-state index >= 15 is 0 Å². The Balaban J connectivity index is 0.00000225. The quantitative estimate of drug-likeness (QED) is 0.827. The number of benzene rings is 1. The van der Waals surface area contributed by atoms with E-state index in [9.17, 15) is 4.79 Å². The van der Waals surface area contributed by atoms with Gasteiger partial charge in [-0.05, 0) is 25.6 Å². The van der Waals surface area contributed by atoms with Crippen LogP contribution in [0.1, 0.15) is 24.2 Å². The van der Waals surface area contributed by atoms with Gasteiger partial charge in [0, 0.05) is 18.2 Å². The highest BCUT2D eigenvalue weighted by atomic mass is 35.5. The van der Waals surface area contributed by atoms with E-state index in [2.05, 4.69) is 24.5 Å². The van der Waals surface area contributed by atoms with Gasteiger partial charge in [0.1, 0.15) is 0 Å². The van der Waals surface area contributed by atoms with Gasteiger partial charge in [0.15, 0.2) is 0 Å². The minimum absolute atomic E-state index is 0. The predicted molar refractivity (Wildman–Crippen MR) is 69.2 cm³/mol. The summed E-state index contributed by atoms with van der Waals surface area (Å²) in [5.74, 6) is -0.0136. The minimum Gasteiger partial charge on any atom is -0.350 e. The SMILES string of the molecule is CCN[C@H](C)CNC(=O)c1ccccc1.Cl. The normalized spacial score (nSPS) is 11.4. The Labute approximate surface area is 103 Å². The third-order valence-corrected chi connectivity index (χ3v) is 2.16. The zero-order chi connectivity index (χ0) is 11.1. The van der Waals surface area contributed by atoms with Crippen molar-refractivity contribution in [2.75, 3.05) is 13.1 Å². The molecule has 0 saturated carbocycles. The molecule has 90 valence electrons. The van der Waals surface area contributed by atoms with Gasteiger partial charge in [-0.3, -0.25) is 4.79 Å². The number of nitrogens with one attached hydrogen (secondary N) is 2. The molecule has 0 aliphatic rings. The summed E-state index contributed by atoms with van der Waals surface area (Å²) >= 11 is 0. The molecule has 0 aromatic heterocycles. The van der Waals surface area contributed by atoms with Gasteiger partial charge in [0.05, 0.1) is 0 Å². The van der Waals surface area contributed by atoms with E-state index in [1.54, 1.807) is 0 Å². The number of rotatable bonds is 5. The molecule has 3 nitrogen and oxygen atoms in total. The molecule has 2 N–H and O–H groups in total.